The molecule has 0 fully saturated rings. The minimum atomic E-state index is 0. The van der Waals surface area contributed by atoms with Crippen LogP contribution < -0.4 is 10.6 Å². The van der Waals surface area contributed by atoms with Gasteiger partial charge in [-0.05, 0) is 40.2 Å². The Morgan fingerprint density at radius 1 is 1.11 bits per heavy atom. The Kier molecular flexibility index (Phi) is 10.7. The lowest BCUT2D eigenvalue weighted by molar-refractivity contribution is 0.128. The van der Waals surface area contributed by atoms with Gasteiger partial charge in [0, 0.05) is 38.2 Å². The van der Waals surface area contributed by atoms with Crippen molar-refractivity contribution in [3.63, 3.8) is 0 Å². The Hall–Kier alpha value is -1.48. The summed E-state index contributed by atoms with van der Waals surface area (Å²) in [6.45, 7) is 10.6. The highest BCUT2D eigenvalue weighted by Crippen LogP contribution is 2.20. The second kappa shape index (κ2) is 12.2. The first-order chi connectivity index (χ1) is 12.7. The largest absolute Gasteiger partial charge is 0.374 e. The number of aromatic nitrogens is 5. The third-order valence-corrected chi connectivity index (χ3v) is 4.47. The smallest absolute Gasteiger partial charge is 0.156 e. The van der Waals surface area contributed by atoms with E-state index in [-0.39, 0.29) is 24.8 Å². The number of anilines is 1. The fraction of sp³-hybridized carbons (Fsp3) is 0.667. The van der Waals surface area contributed by atoms with Gasteiger partial charge in [0.15, 0.2) is 5.82 Å². The molecule has 158 valence electrons. The first-order valence-electron chi connectivity index (χ1n) is 9.46. The molecular formula is C18H31Cl2N7O. The van der Waals surface area contributed by atoms with E-state index >= 15 is 0 Å². The number of nitrogens with zero attached hydrogens (tertiary/aromatic N) is 5. The molecule has 2 aromatic rings. The molecule has 0 spiro atoms. The summed E-state index contributed by atoms with van der Waals surface area (Å²) in [6, 6.07) is 0. The zero-order valence-corrected chi connectivity index (χ0v) is 18.5. The van der Waals surface area contributed by atoms with E-state index in [9.17, 15) is 0 Å². The summed E-state index contributed by atoms with van der Waals surface area (Å²) >= 11 is 0. The molecule has 0 amide bonds. The average molecular weight is 432 g/mol. The highest BCUT2D eigenvalue weighted by molar-refractivity contribution is 5.85. The SMILES string of the molecule is CCOCc1nc2c(c(NCCCn3nc(C)nc3C)n1)CCNCC2.Cl.Cl. The van der Waals surface area contributed by atoms with Gasteiger partial charge in [-0.15, -0.1) is 24.8 Å². The highest BCUT2D eigenvalue weighted by atomic mass is 35.5. The first kappa shape index (κ1) is 24.6. The maximum Gasteiger partial charge on any atom is 0.156 e. The van der Waals surface area contributed by atoms with Crippen LogP contribution in [0.2, 0.25) is 0 Å². The summed E-state index contributed by atoms with van der Waals surface area (Å²) in [5.74, 6) is 3.51. The first-order valence-corrected chi connectivity index (χ1v) is 9.46. The van der Waals surface area contributed by atoms with Crippen LogP contribution in [0.5, 0.6) is 0 Å². The quantitative estimate of drug-likeness (QED) is 0.619. The number of aryl methyl sites for hydroxylation is 3. The van der Waals surface area contributed by atoms with Crippen LogP contribution >= 0.6 is 24.8 Å². The van der Waals surface area contributed by atoms with Gasteiger partial charge in [0.2, 0.25) is 0 Å². The van der Waals surface area contributed by atoms with Gasteiger partial charge in [0.1, 0.15) is 24.1 Å². The van der Waals surface area contributed by atoms with Gasteiger partial charge in [-0.2, -0.15) is 5.10 Å². The third-order valence-electron chi connectivity index (χ3n) is 4.47. The topological polar surface area (TPSA) is 89.8 Å². The van der Waals surface area contributed by atoms with Crippen molar-refractivity contribution >= 4 is 30.6 Å². The van der Waals surface area contributed by atoms with Crippen LogP contribution in [0.15, 0.2) is 0 Å². The van der Waals surface area contributed by atoms with Gasteiger partial charge in [0.25, 0.3) is 0 Å². The lowest BCUT2D eigenvalue weighted by Crippen LogP contribution is -2.16. The molecule has 0 aliphatic carbocycles. The lowest BCUT2D eigenvalue weighted by atomic mass is 10.1. The van der Waals surface area contributed by atoms with Crippen LogP contribution in [0, 0.1) is 13.8 Å². The number of hydrogen-bond donors (Lipinski definition) is 2. The Bertz CT molecular complexity index is 739. The normalized spacial score (nSPS) is 13.1. The molecular weight excluding hydrogens is 401 g/mol. The van der Waals surface area contributed by atoms with Gasteiger partial charge in [-0.25, -0.2) is 15.0 Å². The number of nitrogens with one attached hydrogen (secondary N) is 2. The minimum Gasteiger partial charge on any atom is -0.374 e. The fourth-order valence-electron chi connectivity index (χ4n) is 3.21. The van der Waals surface area contributed by atoms with Crippen molar-refractivity contribution in [2.24, 2.45) is 0 Å². The van der Waals surface area contributed by atoms with E-state index < -0.39 is 0 Å². The van der Waals surface area contributed by atoms with Gasteiger partial charge in [-0.3, -0.25) is 4.68 Å². The predicted molar refractivity (Wildman–Crippen MR) is 115 cm³/mol. The van der Waals surface area contributed by atoms with Gasteiger partial charge in [-0.1, -0.05) is 0 Å². The van der Waals surface area contributed by atoms with Crippen molar-refractivity contribution in [3.8, 4) is 0 Å². The molecule has 3 heterocycles. The van der Waals surface area contributed by atoms with Crippen LogP contribution in [0.3, 0.4) is 0 Å². The molecule has 1 aliphatic rings. The van der Waals surface area contributed by atoms with Crippen LogP contribution in [0.1, 0.15) is 42.1 Å². The van der Waals surface area contributed by atoms with Crippen molar-refractivity contribution < 1.29 is 4.74 Å². The molecule has 0 atom stereocenters. The van der Waals surface area contributed by atoms with Crippen molar-refractivity contribution in [2.45, 2.75) is 53.2 Å². The average Bonchev–Trinajstić information content (AvgIpc) is 2.82. The van der Waals surface area contributed by atoms with E-state index in [0.29, 0.717) is 13.2 Å². The second-order valence-electron chi connectivity index (χ2n) is 6.51. The molecule has 0 saturated heterocycles. The van der Waals surface area contributed by atoms with Crippen molar-refractivity contribution in [3.05, 3.63) is 28.7 Å². The molecule has 28 heavy (non-hydrogen) atoms. The Morgan fingerprint density at radius 3 is 2.61 bits per heavy atom. The summed E-state index contributed by atoms with van der Waals surface area (Å²) in [6.07, 6.45) is 2.85. The molecule has 0 saturated carbocycles. The zero-order valence-electron chi connectivity index (χ0n) is 16.8. The van der Waals surface area contributed by atoms with E-state index in [0.717, 1.165) is 74.4 Å². The molecule has 0 bridgehead atoms. The maximum atomic E-state index is 5.51. The monoisotopic (exact) mass is 431 g/mol. The fourth-order valence-corrected chi connectivity index (χ4v) is 3.21. The Labute approximate surface area is 179 Å². The molecule has 0 radical (unpaired) electrons. The number of ether oxygens (including phenoxy) is 1. The number of halogens is 2. The second-order valence-corrected chi connectivity index (χ2v) is 6.51. The third kappa shape index (κ3) is 6.55. The van der Waals surface area contributed by atoms with Crippen LogP contribution in [-0.4, -0.2) is 51.0 Å². The van der Waals surface area contributed by atoms with Crippen molar-refractivity contribution in [1.82, 2.24) is 30.0 Å². The molecule has 1 aliphatic heterocycles. The standard InChI is InChI=1S/C18H29N7O.2ClH/c1-4-26-12-17-22-16-7-10-19-9-6-15(16)18(23-17)20-8-5-11-25-14(3)21-13(2)24-25;;/h19H,4-12H2,1-3H3,(H,20,22,23);2*1H. The van der Waals surface area contributed by atoms with Crippen LogP contribution in [0.4, 0.5) is 5.82 Å². The van der Waals surface area contributed by atoms with Crippen molar-refractivity contribution in [1.29, 1.82) is 0 Å². The minimum absolute atomic E-state index is 0. The highest BCUT2D eigenvalue weighted by Gasteiger charge is 2.16. The molecule has 8 nitrogen and oxygen atoms in total. The Balaban J connectivity index is 0.00000196. The van der Waals surface area contributed by atoms with Gasteiger partial charge < -0.3 is 15.4 Å². The van der Waals surface area contributed by atoms with E-state index in [4.69, 9.17) is 14.7 Å². The zero-order chi connectivity index (χ0) is 18.4. The number of hydrogen-bond acceptors (Lipinski definition) is 7. The van der Waals surface area contributed by atoms with Crippen LogP contribution in [-0.2, 0) is 30.7 Å². The molecule has 3 rings (SSSR count). The summed E-state index contributed by atoms with van der Waals surface area (Å²) in [4.78, 5) is 13.8. The predicted octanol–water partition coefficient (Wildman–Crippen LogP) is 2.26. The van der Waals surface area contributed by atoms with E-state index in [1.165, 1.54) is 5.56 Å². The van der Waals surface area contributed by atoms with Gasteiger partial charge in [0.05, 0.1) is 5.69 Å². The lowest BCUT2D eigenvalue weighted by Gasteiger charge is -2.15. The number of fused-ring (bicyclic) bond motifs is 1. The number of rotatable bonds is 8. The summed E-state index contributed by atoms with van der Waals surface area (Å²) in [7, 11) is 0. The molecule has 2 N–H and O–H groups in total. The maximum absolute atomic E-state index is 5.51. The Morgan fingerprint density at radius 2 is 1.89 bits per heavy atom. The van der Waals surface area contributed by atoms with E-state index in [1.54, 1.807) is 0 Å². The molecule has 0 unspecified atom stereocenters. The summed E-state index contributed by atoms with van der Waals surface area (Å²) < 4.78 is 7.47. The van der Waals surface area contributed by atoms with E-state index in [2.05, 4.69) is 20.7 Å². The van der Waals surface area contributed by atoms with Gasteiger partial charge >= 0.3 is 0 Å². The summed E-state index contributed by atoms with van der Waals surface area (Å²) in [5.41, 5.74) is 2.38. The van der Waals surface area contributed by atoms with Crippen LogP contribution in [0.25, 0.3) is 0 Å². The van der Waals surface area contributed by atoms with Crippen molar-refractivity contribution in [2.75, 3.05) is 31.6 Å². The summed E-state index contributed by atoms with van der Waals surface area (Å²) in [5, 5.41) is 11.4. The molecule has 2 aromatic heterocycles. The van der Waals surface area contributed by atoms with E-state index in [1.807, 2.05) is 25.5 Å². The molecule has 10 heteroatoms. The molecule has 0 aromatic carbocycles.